The maximum atomic E-state index is 12.6. The van der Waals surface area contributed by atoms with Gasteiger partial charge in [0.15, 0.2) is 5.02 Å². The van der Waals surface area contributed by atoms with Crippen LogP contribution in [-0.4, -0.2) is 56.6 Å². The molecule has 2 heterocycles. The SMILES string of the molecule is Cc1ccccc1CN1CCN(C(=O)Cn2nc([N+](=O)[O-])c(Cl)c2C)CC1. The summed E-state index contributed by atoms with van der Waals surface area (Å²) in [5, 5.41) is 14.8. The number of nitrogens with zero attached hydrogens (tertiary/aromatic N) is 5. The molecule has 144 valence electrons. The van der Waals surface area contributed by atoms with Crippen molar-refractivity contribution in [3.63, 3.8) is 0 Å². The minimum atomic E-state index is -0.638. The molecule has 2 aromatic rings. The van der Waals surface area contributed by atoms with Crippen LogP contribution in [-0.2, 0) is 17.9 Å². The van der Waals surface area contributed by atoms with Gasteiger partial charge < -0.3 is 15.0 Å². The summed E-state index contributed by atoms with van der Waals surface area (Å²) in [6, 6.07) is 8.30. The van der Waals surface area contributed by atoms with Gasteiger partial charge in [0.2, 0.25) is 5.91 Å². The molecular formula is C18H22ClN5O3. The van der Waals surface area contributed by atoms with Crippen molar-refractivity contribution in [1.82, 2.24) is 19.6 Å². The zero-order valence-corrected chi connectivity index (χ0v) is 16.1. The zero-order chi connectivity index (χ0) is 19.6. The molecule has 1 amide bonds. The number of benzene rings is 1. The van der Waals surface area contributed by atoms with Gasteiger partial charge in [0.1, 0.15) is 6.54 Å². The summed E-state index contributed by atoms with van der Waals surface area (Å²) in [4.78, 5) is 27.0. The first-order chi connectivity index (χ1) is 12.9. The van der Waals surface area contributed by atoms with E-state index in [0.717, 1.165) is 19.6 Å². The molecule has 1 aromatic heterocycles. The fourth-order valence-electron chi connectivity index (χ4n) is 3.19. The molecule has 0 radical (unpaired) electrons. The molecular weight excluding hydrogens is 370 g/mol. The third-order valence-electron chi connectivity index (χ3n) is 4.95. The summed E-state index contributed by atoms with van der Waals surface area (Å²) in [7, 11) is 0. The number of aryl methyl sites for hydroxylation is 1. The van der Waals surface area contributed by atoms with Gasteiger partial charge >= 0.3 is 5.82 Å². The van der Waals surface area contributed by atoms with Crippen molar-refractivity contribution in [1.29, 1.82) is 0 Å². The van der Waals surface area contributed by atoms with Crippen LogP contribution < -0.4 is 0 Å². The number of hydrogen-bond donors (Lipinski definition) is 0. The van der Waals surface area contributed by atoms with Crippen molar-refractivity contribution in [3.05, 3.63) is 56.2 Å². The Morgan fingerprint density at radius 3 is 2.48 bits per heavy atom. The average molecular weight is 392 g/mol. The van der Waals surface area contributed by atoms with Gasteiger partial charge in [-0.05, 0) is 29.9 Å². The van der Waals surface area contributed by atoms with Gasteiger partial charge in [-0.25, -0.2) is 0 Å². The van der Waals surface area contributed by atoms with E-state index in [1.807, 2.05) is 12.1 Å². The number of carbonyl (C=O) groups is 1. The number of aromatic nitrogens is 2. The standard InChI is InChI=1S/C18H22ClN5O3/c1-13-5-3-4-6-15(13)11-21-7-9-22(10-8-21)16(25)12-23-14(2)17(19)18(20-23)24(26)27/h3-6H,7-12H2,1-2H3. The van der Waals surface area contributed by atoms with E-state index >= 15 is 0 Å². The topological polar surface area (TPSA) is 84.5 Å². The molecule has 0 atom stereocenters. The Morgan fingerprint density at radius 2 is 1.89 bits per heavy atom. The van der Waals surface area contributed by atoms with Crippen LogP contribution in [0.25, 0.3) is 0 Å². The lowest BCUT2D eigenvalue weighted by molar-refractivity contribution is -0.389. The Kier molecular flexibility index (Phi) is 5.76. The largest absolute Gasteiger partial charge is 0.408 e. The molecule has 1 saturated heterocycles. The van der Waals surface area contributed by atoms with Gasteiger partial charge in [0, 0.05) is 32.7 Å². The summed E-state index contributed by atoms with van der Waals surface area (Å²) in [5.41, 5.74) is 2.99. The molecule has 1 aromatic carbocycles. The number of halogens is 1. The second-order valence-corrected chi connectivity index (χ2v) is 7.10. The van der Waals surface area contributed by atoms with Crippen LogP contribution in [0.1, 0.15) is 16.8 Å². The smallest absolute Gasteiger partial charge is 0.358 e. The van der Waals surface area contributed by atoms with Crippen LogP contribution >= 0.6 is 11.6 Å². The average Bonchev–Trinajstić information content (AvgIpc) is 2.93. The third kappa shape index (κ3) is 4.28. The number of piperazine rings is 1. The van der Waals surface area contributed by atoms with E-state index in [4.69, 9.17) is 11.6 Å². The van der Waals surface area contributed by atoms with E-state index < -0.39 is 10.7 Å². The van der Waals surface area contributed by atoms with Crippen molar-refractivity contribution in [3.8, 4) is 0 Å². The molecule has 8 nitrogen and oxygen atoms in total. The first-order valence-electron chi connectivity index (χ1n) is 8.78. The predicted molar refractivity (Wildman–Crippen MR) is 102 cm³/mol. The number of rotatable bonds is 5. The van der Waals surface area contributed by atoms with Crippen molar-refractivity contribution < 1.29 is 9.72 Å². The normalized spacial score (nSPS) is 15.1. The molecule has 0 saturated carbocycles. The Balaban J connectivity index is 1.57. The molecule has 1 aliphatic heterocycles. The summed E-state index contributed by atoms with van der Waals surface area (Å²) < 4.78 is 1.31. The van der Waals surface area contributed by atoms with Crippen LogP contribution in [0.4, 0.5) is 5.82 Å². The first-order valence-corrected chi connectivity index (χ1v) is 9.16. The molecule has 0 bridgehead atoms. The maximum Gasteiger partial charge on any atom is 0.408 e. The number of carbonyl (C=O) groups excluding carboxylic acids is 1. The van der Waals surface area contributed by atoms with E-state index in [1.165, 1.54) is 15.8 Å². The quantitative estimate of drug-likeness (QED) is 0.577. The number of nitro groups is 1. The molecule has 9 heteroatoms. The lowest BCUT2D eigenvalue weighted by Gasteiger charge is -2.34. The number of amides is 1. The Morgan fingerprint density at radius 1 is 1.22 bits per heavy atom. The lowest BCUT2D eigenvalue weighted by Crippen LogP contribution is -2.49. The van der Waals surface area contributed by atoms with Crippen LogP contribution in [0.2, 0.25) is 5.02 Å². The predicted octanol–water partition coefficient (Wildman–Crippen LogP) is 2.41. The van der Waals surface area contributed by atoms with Crippen LogP contribution in [0.5, 0.6) is 0 Å². The highest BCUT2D eigenvalue weighted by atomic mass is 35.5. The molecule has 3 rings (SSSR count). The summed E-state index contributed by atoms with van der Waals surface area (Å²) in [6.45, 7) is 7.38. The van der Waals surface area contributed by atoms with Gasteiger partial charge in [0.05, 0.1) is 10.8 Å². The lowest BCUT2D eigenvalue weighted by atomic mass is 10.1. The van der Waals surface area contributed by atoms with Crippen molar-refractivity contribution >= 4 is 23.3 Å². The van der Waals surface area contributed by atoms with Gasteiger partial charge in [-0.3, -0.25) is 9.69 Å². The monoisotopic (exact) mass is 391 g/mol. The minimum Gasteiger partial charge on any atom is -0.358 e. The van der Waals surface area contributed by atoms with Gasteiger partial charge in [-0.1, -0.05) is 35.9 Å². The van der Waals surface area contributed by atoms with Gasteiger partial charge in [-0.2, -0.15) is 4.68 Å². The zero-order valence-electron chi connectivity index (χ0n) is 15.4. The van der Waals surface area contributed by atoms with E-state index in [9.17, 15) is 14.9 Å². The van der Waals surface area contributed by atoms with E-state index in [-0.39, 0.29) is 17.5 Å². The second kappa shape index (κ2) is 8.06. The fourth-order valence-corrected chi connectivity index (χ4v) is 3.40. The van der Waals surface area contributed by atoms with E-state index in [1.54, 1.807) is 11.8 Å². The molecule has 0 spiro atoms. The van der Waals surface area contributed by atoms with E-state index in [0.29, 0.717) is 18.8 Å². The minimum absolute atomic E-state index is 0.0177. The highest BCUT2D eigenvalue weighted by Gasteiger charge is 2.27. The van der Waals surface area contributed by atoms with E-state index in [2.05, 4.69) is 29.1 Å². The molecule has 1 aliphatic rings. The van der Waals surface area contributed by atoms with Crippen molar-refractivity contribution in [2.24, 2.45) is 0 Å². The number of hydrogen-bond acceptors (Lipinski definition) is 5. The highest BCUT2D eigenvalue weighted by Crippen LogP contribution is 2.26. The van der Waals surface area contributed by atoms with Crippen LogP contribution in [0, 0.1) is 24.0 Å². The van der Waals surface area contributed by atoms with Crippen molar-refractivity contribution in [2.45, 2.75) is 26.9 Å². The fraction of sp³-hybridized carbons (Fsp3) is 0.444. The first kappa shape index (κ1) is 19.3. The van der Waals surface area contributed by atoms with Crippen LogP contribution in [0.3, 0.4) is 0 Å². The second-order valence-electron chi connectivity index (χ2n) is 6.72. The summed E-state index contributed by atoms with van der Waals surface area (Å²) in [6.07, 6.45) is 0. The maximum absolute atomic E-state index is 12.6. The Hall–Kier alpha value is -2.45. The third-order valence-corrected chi connectivity index (χ3v) is 5.40. The van der Waals surface area contributed by atoms with Crippen LogP contribution in [0.15, 0.2) is 24.3 Å². The molecule has 0 unspecified atom stereocenters. The Bertz CT molecular complexity index is 859. The molecule has 0 N–H and O–H groups in total. The molecule has 0 aliphatic carbocycles. The summed E-state index contributed by atoms with van der Waals surface area (Å²) >= 11 is 5.93. The molecule has 1 fully saturated rings. The van der Waals surface area contributed by atoms with Gasteiger partial charge in [0.25, 0.3) is 0 Å². The molecule has 27 heavy (non-hydrogen) atoms. The summed E-state index contributed by atoms with van der Waals surface area (Å²) in [5.74, 6) is -0.521. The van der Waals surface area contributed by atoms with Crippen molar-refractivity contribution in [2.75, 3.05) is 26.2 Å². The van der Waals surface area contributed by atoms with Gasteiger partial charge in [-0.15, -0.1) is 0 Å². The Labute approximate surface area is 162 Å². The highest BCUT2D eigenvalue weighted by molar-refractivity contribution is 6.33.